The first-order chi connectivity index (χ1) is 4.86. The largest absolute Gasteiger partial charge is 0.368 e. The first kappa shape index (κ1) is 6.40. The van der Waals surface area contributed by atoms with Gasteiger partial charge in [-0.25, -0.2) is 0 Å². The molecule has 56 valence electrons. The average molecular weight is 156 g/mol. The van der Waals surface area contributed by atoms with Crippen molar-refractivity contribution in [1.82, 2.24) is 10.6 Å². The van der Waals surface area contributed by atoms with Crippen molar-refractivity contribution in [3.8, 4) is 0 Å². The highest BCUT2D eigenvalue weighted by molar-refractivity contribution is 7.99. The molecule has 0 saturated carbocycles. The van der Waals surface area contributed by atoms with E-state index in [0.29, 0.717) is 6.17 Å². The lowest BCUT2D eigenvalue weighted by Crippen LogP contribution is -2.29. The van der Waals surface area contributed by atoms with E-state index in [1.165, 1.54) is 29.3 Å². The molecule has 0 aromatic heterocycles. The molecule has 0 aromatic carbocycles. The van der Waals surface area contributed by atoms with Crippen LogP contribution in [0.1, 0.15) is 13.3 Å². The second kappa shape index (κ2) is 2.38. The Kier molecular flexibility index (Phi) is 1.52. The summed E-state index contributed by atoms with van der Waals surface area (Å²) in [6, 6.07) is 0. The zero-order valence-corrected chi connectivity index (χ0v) is 6.92. The molecule has 0 spiro atoms. The second-order valence-electron chi connectivity index (χ2n) is 2.77. The lowest BCUT2D eigenvalue weighted by atomic mass is 10.3. The zero-order chi connectivity index (χ0) is 6.97. The van der Waals surface area contributed by atoms with Crippen LogP contribution in [0.2, 0.25) is 0 Å². The van der Waals surface area contributed by atoms with Crippen LogP contribution in [0, 0.1) is 0 Å². The molecule has 0 aliphatic carbocycles. The van der Waals surface area contributed by atoms with Gasteiger partial charge in [0.1, 0.15) is 0 Å². The Morgan fingerprint density at radius 2 is 2.20 bits per heavy atom. The van der Waals surface area contributed by atoms with E-state index < -0.39 is 0 Å². The summed E-state index contributed by atoms with van der Waals surface area (Å²) in [6.45, 7) is 2.16. The topological polar surface area (TPSA) is 24.1 Å². The molecule has 2 aliphatic heterocycles. The van der Waals surface area contributed by atoms with E-state index in [9.17, 15) is 0 Å². The molecule has 0 fully saturated rings. The predicted octanol–water partition coefficient (Wildman–Crippen LogP) is 0.874. The van der Waals surface area contributed by atoms with Crippen LogP contribution < -0.4 is 10.6 Å². The Bertz CT molecular complexity index is 158. The van der Waals surface area contributed by atoms with Gasteiger partial charge in [-0.15, -0.1) is 0 Å². The van der Waals surface area contributed by atoms with Gasteiger partial charge in [-0.2, -0.15) is 11.8 Å². The van der Waals surface area contributed by atoms with Gasteiger partial charge in [-0.1, -0.05) is 0 Å². The summed E-state index contributed by atoms with van der Waals surface area (Å²) in [7, 11) is 0. The highest BCUT2D eigenvalue weighted by Gasteiger charge is 2.20. The average Bonchev–Trinajstić information content (AvgIpc) is 2.27. The third-order valence-corrected chi connectivity index (χ3v) is 2.87. The van der Waals surface area contributed by atoms with Gasteiger partial charge in [0.2, 0.25) is 0 Å². The fourth-order valence-corrected chi connectivity index (χ4v) is 2.39. The predicted molar refractivity (Wildman–Crippen MR) is 44.7 cm³/mol. The Hall–Kier alpha value is -0.310. The summed E-state index contributed by atoms with van der Waals surface area (Å²) in [5, 5.41) is 6.81. The fourth-order valence-electron chi connectivity index (χ4n) is 1.43. The summed E-state index contributed by atoms with van der Waals surface area (Å²) in [5.41, 5.74) is 2.88. The lowest BCUT2D eigenvalue weighted by Gasteiger charge is -2.11. The van der Waals surface area contributed by atoms with Gasteiger partial charge >= 0.3 is 0 Å². The van der Waals surface area contributed by atoms with Gasteiger partial charge in [0.25, 0.3) is 0 Å². The maximum absolute atomic E-state index is 3.41. The van der Waals surface area contributed by atoms with Crippen LogP contribution in [0.5, 0.6) is 0 Å². The highest BCUT2D eigenvalue weighted by atomic mass is 32.2. The minimum absolute atomic E-state index is 0.462. The van der Waals surface area contributed by atoms with Gasteiger partial charge in [0.05, 0.1) is 6.17 Å². The normalized spacial score (nSPS) is 31.1. The van der Waals surface area contributed by atoms with Crippen LogP contribution in [-0.4, -0.2) is 17.7 Å². The van der Waals surface area contributed by atoms with Crippen molar-refractivity contribution in [2.75, 3.05) is 11.5 Å². The van der Waals surface area contributed by atoms with Crippen molar-refractivity contribution < 1.29 is 0 Å². The Labute approximate surface area is 65.5 Å². The second-order valence-corrected chi connectivity index (χ2v) is 3.88. The standard InChI is InChI=1S/C7H12N2S/c1-5-8-6-2-3-10-4-7(6)9-5/h5,8-9H,2-4H2,1H3. The lowest BCUT2D eigenvalue weighted by molar-refractivity contribution is 0.600. The van der Waals surface area contributed by atoms with Gasteiger partial charge in [0.15, 0.2) is 0 Å². The van der Waals surface area contributed by atoms with E-state index in [1.54, 1.807) is 0 Å². The summed E-state index contributed by atoms with van der Waals surface area (Å²) in [5.74, 6) is 2.45. The molecule has 0 bridgehead atoms. The molecule has 0 radical (unpaired) electrons. The molecule has 2 rings (SSSR count). The number of nitrogens with one attached hydrogen (secondary N) is 2. The molecular weight excluding hydrogens is 144 g/mol. The number of thioether (sulfide) groups is 1. The van der Waals surface area contributed by atoms with Crippen molar-refractivity contribution in [2.24, 2.45) is 0 Å². The minimum atomic E-state index is 0.462. The van der Waals surface area contributed by atoms with Gasteiger partial charge in [-0.3, -0.25) is 0 Å². The molecule has 0 saturated heterocycles. The van der Waals surface area contributed by atoms with Gasteiger partial charge in [0, 0.05) is 17.1 Å². The zero-order valence-electron chi connectivity index (χ0n) is 6.11. The highest BCUT2D eigenvalue weighted by Crippen LogP contribution is 2.23. The smallest absolute Gasteiger partial charge is 0.0930 e. The SMILES string of the molecule is CC1NC2=C(CSCC2)N1. The fraction of sp³-hybridized carbons (Fsp3) is 0.714. The van der Waals surface area contributed by atoms with Gasteiger partial charge < -0.3 is 10.6 Å². The summed E-state index contributed by atoms with van der Waals surface area (Å²) in [4.78, 5) is 0. The first-order valence-corrected chi connectivity index (χ1v) is 4.84. The van der Waals surface area contributed by atoms with E-state index in [0.717, 1.165) is 0 Å². The van der Waals surface area contributed by atoms with E-state index >= 15 is 0 Å². The number of hydrogen-bond donors (Lipinski definition) is 2. The molecule has 1 atom stereocenters. The first-order valence-electron chi connectivity index (χ1n) is 3.69. The summed E-state index contributed by atoms with van der Waals surface area (Å²) < 4.78 is 0. The Balaban J connectivity index is 2.13. The summed E-state index contributed by atoms with van der Waals surface area (Å²) >= 11 is 2.01. The number of allylic oxidation sites excluding steroid dienone is 1. The molecule has 2 N–H and O–H groups in total. The van der Waals surface area contributed by atoms with E-state index in [4.69, 9.17) is 0 Å². The maximum atomic E-state index is 3.41. The Morgan fingerprint density at radius 3 is 3.00 bits per heavy atom. The van der Waals surface area contributed by atoms with Crippen LogP contribution in [0.4, 0.5) is 0 Å². The van der Waals surface area contributed by atoms with Crippen LogP contribution in [-0.2, 0) is 0 Å². The van der Waals surface area contributed by atoms with Crippen molar-refractivity contribution >= 4 is 11.8 Å². The molecule has 1 unspecified atom stereocenters. The summed E-state index contributed by atoms with van der Waals surface area (Å²) in [6.07, 6.45) is 1.68. The third-order valence-electron chi connectivity index (χ3n) is 1.89. The molecule has 3 heteroatoms. The van der Waals surface area contributed by atoms with Gasteiger partial charge in [-0.05, 0) is 19.1 Å². The van der Waals surface area contributed by atoms with Crippen LogP contribution in [0.3, 0.4) is 0 Å². The van der Waals surface area contributed by atoms with E-state index in [1.807, 2.05) is 11.8 Å². The van der Waals surface area contributed by atoms with Crippen molar-refractivity contribution in [3.63, 3.8) is 0 Å². The molecule has 2 nitrogen and oxygen atoms in total. The van der Waals surface area contributed by atoms with Crippen molar-refractivity contribution in [1.29, 1.82) is 0 Å². The monoisotopic (exact) mass is 156 g/mol. The quantitative estimate of drug-likeness (QED) is 0.544. The van der Waals surface area contributed by atoms with Crippen molar-refractivity contribution in [2.45, 2.75) is 19.5 Å². The molecule has 2 aliphatic rings. The molecule has 0 amide bonds. The number of rotatable bonds is 0. The molecule has 2 heterocycles. The van der Waals surface area contributed by atoms with Crippen LogP contribution in [0.15, 0.2) is 11.4 Å². The van der Waals surface area contributed by atoms with Crippen LogP contribution in [0.25, 0.3) is 0 Å². The third kappa shape index (κ3) is 0.985. The Morgan fingerprint density at radius 1 is 1.40 bits per heavy atom. The maximum Gasteiger partial charge on any atom is 0.0930 e. The molecule has 0 aromatic rings. The van der Waals surface area contributed by atoms with Crippen molar-refractivity contribution in [3.05, 3.63) is 11.4 Å². The van der Waals surface area contributed by atoms with Crippen LogP contribution >= 0.6 is 11.8 Å². The molecular formula is C7H12N2S. The molecule has 10 heavy (non-hydrogen) atoms. The number of hydrogen-bond acceptors (Lipinski definition) is 3. The van der Waals surface area contributed by atoms with E-state index in [-0.39, 0.29) is 0 Å². The minimum Gasteiger partial charge on any atom is -0.368 e. The van der Waals surface area contributed by atoms with E-state index in [2.05, 4.69) is 17.6 Å².